The first-order valence-electron chi connectivity index (χ1n) is 5.75. The molecule has 0 fully saturated rings. The van der Waals surface area contributed by atoms with Gasteiger partial charge in [-0.25, -0.2) is 8.42 Å². The highest BCUT2D eigenvalue weighted by Crippen LogP contribution is 2.20. The summed E-state index contributed by atoms with van der Waals surface area (Å²) < 4.78 is 28.6. The molecule has 1 aromatic heterocycles. The number of aromatic nitrogens is 2. The minimum atomic E-state index is -3.62. The second kappa shape index (κ2) is 5.22. The summed E-state index contributed by atoms with van der Waals surface area (Å²) in [6.07, 6.45) is 1.52. The fourth-order valence-electron chi connectivity index (χ4n) is 1.65. The van der Waals surface area contributed by atoms with Crippen molar-refractivity contribution in [2.45, 2.75) is 25.3 Å². The van der Waals surface area contributed by atoms with Gasteiger partial charge in [0.25, 0.3) is 10.0 Å². The predicted octanol–water partition coefficient (Wildman–Crippen LogP) is 2.67. The smallest absolute Gasteiger partial charge is 0.265 e. The highest BCUT2D eigenvalue weighted by molar-refractivity contribution is 7.92. The average molecular weight is 300 g/mol. The number of hydrogen-bond donors (Lipinski definition) is 1. The van der Waals surface area contributed by atoms with Gasteiger partial charge in [0.05, 0.1) is 5.69 Å². The molecule has 0 aliphatic heterocycles. The zero-order chi connectivity index (χ0) is 14.0. The number of nitrogens with one attached hydrogen (secondary N) is 1. The topological polar surface area (TPSA) is 64.0 Å². The Balaban J connectivity index is 2.31. The Hall–Kier alpha value is -1.53. The van der Waals surface area contributed by atoms with Gasteiger partial charge in [0.15, 0.2) is 0 Å². The molecule has 0 spiro atoms. The van der Waals surface area contributed by atoms with Crippen LogP contribution in [0.3, 0.4) is 0 Å². The van der Waals surface area contributed by atoms with E-state index in [9.17, 15) is 8.42 Å². The lowest BCUT2D eigenvalue weighted by Gasteiger charge is -2.06. The molecule has 0 aliphatic rings. The number of anilines is 1. The zero-order valence-electron chi connectivity index (χ0n) is 10.6. The van der Waals surface area contributed by atoms with Gasteiger partial charge in [-0.1, -0.05) is 11.6 Å². The molecular weight excluding hydrogens is 286 g/mol. The normalized spacial score (nSPS) is 11.5. The van der Waals surface area contributed by atoms with Crippen LogP contribution in [0.1, 0.15) is 12.6 Å². The van der Waals surface area contributed by atoms with Gasteiger partial charge in [-0.2, -0.15) is 5.10 Å². The van der Waals surface area contributed by atoms with Crippen molar-refractivity contribution >= 4 is 27.3 Å². The highest BCUT2D eigenvalue weighted by atomic mass is 35.5. The van der Waals surface area contributed by atoms with Crippen molar-refractivity contribution < 1.29 is 8.42 Å². The van der Waals surface area contributed by atoms with Crippen LogP contribution in [0.4, 0.5) is 5.69 Å². The van der Waals surface area contributed by atoms with Crippen LogP contribution in [0.5, 0.6) is 0 Å². The third-order valence-corrected chi connectivity index (χ3v) is 4.35. The zero-order valence-corrected chi connectivity index (χ0v) is 12.2. The van der Waals surface area contributed by atoms with E-state index in [1.54, 1.807) is 35.9 Å². The van der Waals surface area contributed by atoms with Crippen LogP contribution in [-0.4, -0.2) is 18.2 Å². The van der Waals surface area contributed by atoms with Crippen LogP contribution < -0.4 is 4.72 Å². The molecule has 0 saturated carbocycles. The summed E-state index contributed by atoms with van der Waals surface area (Å²) in [7, 11) is -3.62. The first-order chi connectivity index (χ1) is 8.92. The van der Waals surface area contributed by atoms with E-state index in [1.165, 1.54) is 6.20 Å². The molecule has 1 heterocycles. The Morgan fingerprint density at radius 1 is 1.32 bits per heavy atom. The fraction of sp³-hybridized carbons (Fsp3) is 0.250. The van der Waals surface area contributed by atoms with Crippen LogP contribution in [0.2, 0.25) is 5.02 Å². The average Bonchev–Trinajstić information content (AvgIpc) is 2.74. The maximum absolute atomic E-state index is 12.2. The maximum atomic E-state index is 12.2. The minimum absolute atomic E-state index is 0.185. The lowest BCUT2D eigenvalue weighted by molar-refractivity contribution is 0.600. The number of sulfonamides is 1. The standard InChI is InChI=1S/C12H14ClN3O2S/c1-3-16-8-12(9(2)14-16)19(17,18)15-11-6-4-10(13)5-7-11/h4-8,15H,3H2,1-2H3. The lowest BCUT2D eigenvalue weighted by Crippen LogP contribution is -2.13. The van der Waals surface area contributed by atoms with Crippen molar-refractivity contribution in [1.82, 2.24) is 9.78 Å². The largest absolute Gasteiger partial charge is 0.280 e. The van der Waals surface area contributed by atoms with E-state index in [4.69, 9.17) is 11.6 Å². The van der Waals surface area contributed by atoms with E-state index in [0.29, 0.717) is 22.9 Å². The van der Waals surface area contributed by atoms with Crippen LogP contribution >= 0.6 is 11.6 Å². The summed E-state index contributed by atoms with van der Waals surface area (Å²) in [5.74, 6) is 0. The quantitative estimate of drug-likeness (QED) is 0.944. The second-order valence-electron chi connectivity index (χ2n) is 4.05. The lowest BCUT2D eigenvalue weighted by atomic mass is 10.3. The first-order valence-corrected chi connectivity index (χ1v) is 7.61. The van der Waals surface area contributed by atoms with Gasteiger partial charge in [-0.3, -0.25) is 9.40 Å². The molecule has 2 rings (SSSR count). The third-order valence-electron chi connectivity index (χ3n) is 2.61. The van der Waals surface area contributed by atoms with E-state index in [2.05, 4.69) is 9.82 Å². The van der Waals surface area contributed by atoms with Gasteiger partial charge in [-0.05, 0) is 38.1 Å². The van der Waals surface area contributed by atoms with Crippen LogP contribution in [0, 0.1) is 6.92 Å². The van der Waals surface area contributed by atoms with Gasteiger partial charge < -0.3 is 0 Å². The molecule has 0 saturated heterocycles. The molecule has 7 heteroatoms. The van der Waals surface area contributed by atoms with E-state index in [0.717, 1.165) is 0 Å². The third kappa shape index (κ3) is 3.08. The molecule has 5 nitrogen and oxygen atoms in total. The van der Waals surface area contributed by atoms with E-state index < -0.39 is 10.0 Å². The Labute approximate surface area is 117 Å². The number of rotatable bonds is 4. The summed E-state index contributed by atoms with van der Waals surface area (Å²) in [6, 6.07) is 6.47. The molecule has 19 heavy (non-hydrogen) atoms. The van der Waals surface area contributed by atoms with Crippen molar-refractivity contribution in [3.63, 3.8) is 0 Å². The molecule has 1 N–H and O–H groups in total. The Kier molecular flexibility index (Phi) is 3.82. The molecule has 0 atom stereocenters. The van der Waals surface area contributed by atoms with Crippen molar-refractivity contribution in [3.8, 4) is 0 Å². The summed E-state index contributed by atoms with van der Waals surface area (Å²) in [4.78, 5) is 0.185. The predicted molar refractivity (Wildman–Crippen MR) is 74.9 cm³/mol. The molecule has 0 unspecified atom stereocenters. The van der Waals surface area contributed by atoms with Gasteiger partial charge in [0.2, 0.25) is 0 Å². The summed E-state index contributed by atoms with van der Waals surface area (Å²) in [5, 5.41) is 4.68. The highest BCUT2D eigenvalue weighted by Gasteiger charge is 2.20. The van der Waals surface area contributed by atoms with Gasteiger partial charge in [0, 0.05) is 23.5 Å². The van der Waals surface area contributed by atoms with Gasteiger partial charge in [0.1, 0.15) is 4.90 Å². The molecular formula is C12H14ClN3O2S. The van der Waals surface area contributed by atoms with Crippen molar-refractivity contribution in [3.05, 3.63) is 41.2 Å². The summed E-state index contributed by atoms with van der Waals surface area (Å²) in [5.41, 5.74) is 0.941. The molecule has 0 radical (unpaired) electrons. The number of nitrogens with zero attached hydrogens (tertiary/aromatic N) is 2. The molecule has 0 aliphatic carbocycles. The maximum Gasteiger partial charge on any atom is 0.265 e. The second-order valence-corrected chi connectivity index (χ2v) is 6.13. The van der Waals surface area contributed by atoms with E-state index in [1.807, 2.05) is 6.92 Å². The van der Waals surface area contributed by atoms with Gasteiger partial charge >= 0.3 is 0 Å². The van der Waals surface area contributed by atoms with Crippen molar-refractivity contribution in [1.29, 1.82) is 0 Å². The first kappa shape index (κ1) is 13.9. The van der Waals surface area contributed by atoms with E-state index in [-0.39, 0.29) is 4.90 Å². The monoisotopic (exact) mass is 299 g/mol. The molecule has 0 amide bonds. The number of halogens is 1. The molecule has 2 aromatic rings. The Morgan fingerprint density at radius 3 is 2.47 bits per heavy atom. The van der Waals surface area contributed by atoms with E-state index >= 15 is 0 Å². The molecule has 102 valence electrons. The van der Waals surface area contributed by atoms with Crippen LogP contribution in [-0.2, 0) is 16.6 Å². The number of aryl methyl sites for hydroxylation is 2. The summed E-state index contributed by atoms with van der Waals surface area (Å²) >= 11 is 5.76. The van der Waals surface area contributed by atoms with Crippen LogP contribution in [0.15, 0.2) is 35.4 Å². The Morgan fingerprint density at radius 2 is 1.95 bits per heavy atom. The van der Waals surface area contributed by atoms with Crippen LogP contribution in [0.25, 0.3) is 0 Å². The number of benzene rings is 1. The van der Waals surface area contributed by atoms with Gasteiger partial charge in [-0.15, -0.1) is 0 Å². The van der Waals surface area contributed by atoms with Crippen molar-refractivity contribution in [2.75, 3.05) is 4.72 Å². The fourth-order valence-corrected chi connectivity index (χ4v) is 3.03. The SMILES string of the molecule is CCn1cc(S(=O)(=O)Nc2ccc(Cl)cc2)c(C)n1. The van der Waals surface area contributed by atoms with Crippen molar-refractivity contribution in [2.24, 2.45) is 0 Å². The number of hydrogen-bond acceptors (Lipinski definition) is 3. The summed E-state index contributed by atoms with van der Waals surface area (Å²) in [6.45, 7) is 4.19. The molecule has 0 bridgehead atoms. The molecule has 1 aromatic carbocycles. The Bertz CT molecular complexity index is 678. The minimum Gasteiger partial charge on any atom is -0.280 e.